The monoisotopic (exact) mass is 582 g/mol. The zero-order valence-electron chi connectivity index (χ0n) is 26.8. The quantitative estimate of drug-likeness (QED) is 0.0345. The minimum atomic E-state index is -4.58. The number of unbranched alkanes of at least 4 members (excludes halogenated alkanes) is 25. The standard InChI is InChI=1S/C33H68O4S.Na/c1-3-5-7-9-11-13-14-15-16-17-18-19-20-21-22-23-25-27-29-31-33(32-37-38(34,35)36)30-28-26-24-12-10-8-6-4-2;/h33H,3-32H2,1-2H3,(H,34,35,36);/q;+1/p-1. The predicted molar refractivity (Wildman–Crippen MR) is 164 cm³/mol. The zero-order valence-corrected chi connectivity index (χ0v) is 29.6. The summed E-state index contributed by atoms with van der Waals surface area (Å²) in [4.78, 5) is 0. The van der Waals surface area contributed by atoms with Gasteiger partial charge < -0.3 is 4.55 Å². The summed E-state index contributed by atoms with van der Waals surface area (Å²) in [5.74, 6) is 0.199. The molecule has 0 radical (unpaired) electrons. The Morgan fingerprint density at radius 2 is 0.692 bits per heavy atom. The molecule has 0 aromatic rings. The van der Waals surface area contributed by atoms with Crippen molar-refractivity contribution in [3.63, 3.8) is 0 Å². The van der Waals surface area contributed by atoms with Crippen LogP contribution in [0.2, 0.25) is 0 Å². The second-order valence-electron chi connectivity index (χ2n) is 12.0. The molecule has 0 saturated carbocycles. The fourth-order valence-electron chi connectivity index (χ4n) is 5.57. The molecule has 4 nitrogen and oxygen atoms in total. The van der Waals surface area contributed by atoms with Gasteiger partial charge >= 0.3 is 29.6 Å². The van der Waals surface area contributed by atoms with Crippen LogP contribution >= 0.6 is 0 Å². The summed E-state index contributed by atoms with van der Waals surface area (Å²) in [6, 6.07) is 0. The van der Waals surface area contributed by atoms with Gasteiger partial charge in [0.25, 0.3) is 0 Å². The molecule has 0 aliphatic heterocycles. The van der Waals surface area contributed by atoms with Crippen LogP contribution in [0.4, 0.5) is 0 Å². The van der Waals surface area contributed by atoms with Crippen molar-refractivity contribution in [1.29, 1.82) is 0 Å². The van der Waals surface area contributed by atoms with Gasteiger partial charge in [0.1, 0.15) is 0 Å². The van der Waals surface area contributed by atoms with Gasteiger partial charge in [0.15, 0.2) is 0 Å². The first-order chi connectivity index (χ1) is 18.5. The van der Waals surface area contributed by atoms with Gasteiger partial charge in [0, 0.05) is 0 Å². The molecule has 0 aromatic carbocycles. The van der Waals surface area contributed by atoms with Crippen molar-refractivity contribution in [3.8, 4) is 0 Å². The molecule has 0 amide bonds. The van der Waals surface area contributed by atoms with Gasteiger partial charge in [0.2, 0.25) is 10.4 Å². The number of rotatable bonds is 32. The summed E-state index contributed by atoms with van der Waals surface area (Å²) in [6.07, 6.45) is 38.2. The van der Waals surface area contributed by atoms with Crippen LogP contribution < -0.4 is 29.6 Å². The Balaban J connectivity index is 0. The van der Waals surface area contributed by atoms with E-state index in [4.69, 9.17) is 0 Å². The molecule has 1 unspecified atom stereocenters. The van der Waals surface area contributed by atoms with Gasteiger partial charge in [-0.3, -0.25) is 4.18 Å². The van der Waals surface area contributed by atoms with Crippen LogP contribution in [0.15, 0.2) is 0 Å². The van der Waals surface area contributed by atoms with E-state index in [0.29, 0.717) is 0 Å². The molecule has 0 spiro atoms. The van der Waals surface area contributed by atoms with Crippen LogP contribution in [0.5, 0.6) is 0 Å². The van der Waals surface area contributed by atoms with E-state index >= 15 is 0 Å². The van der Waals surface area contributed by atoms with Crippen LogP contribution in [0.3, 0.4) is 0 Å². The van der Waals surface area contributed by atoms with Gasteiger partial charge in [-0.2, -0.15) is 0 Å². The third kappa shape index (κ3) is 36.8. The molecule has 0 fully saturated rings. The SMILES string of the molecule is CCCCCCCCCCCCCCCCCCCCCC(CCCCCCCCCC)COS(=O)(=O)[O-].[Na+]. The molecule has 0 heterocycles. The summed E-state index contributed by atoms with van der Waals surface area (Å²) in [5, 5.41) is 0. The first-order valence-electron chi connectivity index (χ1n) is 17.1. The molecule has 0 rings (SSSR count). The van der Waals surface area contributed by atoms with E-state index < -0.39 is 10.4 Å². The van der Waals surface area contributed by atoms with Crippen molar-refractivity contribution in [3.05, 3.63) is 0 Å². The molecular formula is C33H67NaO4S. The van der Waals surface area contributed by atoms with Crippen LogP contribution in [0.1, 0.15) is 200 Å². The predicted octanol–water partition coefficient (Wildman–Crippen LogP) is 8.44. The third-order valence-corrected chi connectivity index (χ3v) is 8.55. The average molecular weight is 583 g/mol. The Morgan fingerprint density at radius 3 is 0.923 bits per heavy atom. The fourth-order valence-corrected chi connectivity index (χ4v) is 5.93. The maximum atomic E-state index is 10.9. The van der Waals surface area contributed by atoms with Crippen molar-refractivity contribution >= 4 is 10.4 Å². The van der Waals surface area contributed by atoms with Gasteiger partial charge in [-0.15, -0.1) is 0 Å². The Bertz CT molecular complexity index is 556. The van der Waals surface area contributed by atoms with Crippen molar-refractivity contribution < 1.29 is 46.7 Å². The minimum Gasteiger partial charge on any atom is -0.726 e. The second-order valence-corrected chi connectivity index (χ2v) is 13.0. The fraction of sp³-hybridized carbons (Fsp3) is 1.00. The number of hydrogen-bond donors (Lipinski definition) is 0. The van der Waals surface area contributed by atoms with E-state index in [9.17, 15) is 13.0 Å². The van der Waals surface area contributed by atoms with Crippen molar-refractivity contribution in [2.45, 2.75) is 200 Å². The summed E-state index contributed by atoms with van der Waals surface area (Å²) in [7, 11) is -4.58. The first-order valence-corrected chi connectivity index (χ1v) is 18.4. The summed E-state index contributed by atoms with van der Waals surface area (Å²) in [6.45, 7) is 4.60. The molecule has 0 aromatic heterocycles. The molecule has 1 atom stereocenters. The summed E-state index contributed by atoms with van der Waals surface area (Å²) < 4.78 is 37.4. The second kappa shape index (κ2) is 33.4. The maximum Gasteiger partial charge on any atom is 1.00 e. The van der Waals surface area contributed by atoms with Crippen molar-refractivity contribution in [2.24, 2.45) is 5.92 Å². The smallest absolute Gasteiger partial charge is 0.726 e. The van der Waals surface area contributed by atoms with Crippen LogP contribution in [0.25, 0.3) is 0 Å². The van der Waals surface area contributed by atoms with E-state index in [1.54, 1.807) is 0 Å². The summed E-state index contributed by atoms with van der Waals surface area (Å²) in [5.41, 5.74) is 0. The maximum absolute atomic E-state index is 10.9. The Hall–Kier alpha value is 0.870. The van der Waals surface area contributed by atoms with E-state index in [2.05, 4.69) is 18.0 Å². The molecule has 6 heteroatoms. The largest absolute Gasteiger partial charge is 1.00 e. The van der Waals surface area contributed by atoms with Gasteiger partial charge in [-0.05, 0) is 18.8 Å². The molecule has 39 heavy (non-hydrogen) atoms. The normalized spacial score (nSPS) is 12.5. The molecule has 230 valence electrons. The van der Waals surface area contributed by atoms with E-state index in [1.165, 1.54) is 161 Å². The summed E-state index contributed by atoms with van der Waals surface area (Å²) >= 11 is 0. The molecular weight excluding hydrogens is 515 g/mol. The first kappa shape index (κ1) is 42.0. The van der Waals surface area contributed by atoms with Crippen LogP contribution in [-0.4, -0.2) is 19.6 Å². The molecule has 0 saturated heterocycles. The molecule has 0 N–H and O–H groups in total. The van der Waals surface area contributed by atoms with E-state index in [0.717, 1.165) is 25.7 Å². The van der Waals surface area contributed by atoms with Gasteiger partial charge in [-0.25, -0.2) is 8.42 Å². The Labute approximate surface area is 268 Å². The Kier molecular flexibility index (Phi) is 35.9. The number of hydrogen-bond acceptors (Lipinski definition) is 4. The molecule has 0 aliphatic rings. The van der Waals surface area contributed by atoms with E-state index in [1.807, 2.05) is 0 Å². The topological polar surface area (TPSA) is 66.4 Å². The van der Waals surface area contributed by atoms with Crippen LogP contribution in [-0.2, 0) is 14.6 Å². The van der Waals surface area contributed by atoms with Crippen LogP contribution in [0, 0.1) is 5.92 Å². The molecule has 0 bridgehead atoms. The average Bonchev–Trinajstić information content (AvgIpc) is 2.89. The minimum absolute atomic E-state index is 0. The zero-order chi connectivity index (χ0) is 28.0. The van der Waals surface area contributed by atoms with Crippen molar-refractivity contribution in [2.75, 3.05) is 6.61 Å². The van der Waals surface area contributed by atoms with Gasteiger partial charge in [0.05, 0.1) is 6.61 Å². The van der Waals surface area contributed by atoms with E-state index in [-0.39, 0.29) is 42.1 Å². The third-order valence-electron chi connectivity index (χ3n) is 8.13. The van der Waals surface area contributed by atoms with Crippen molar-refractivity contribution in [1.82, 2.24) is 0 Å². The Morgan fingerprint density at radius 1 is 0.462 bits per heavy atom. The molecule has 0 aliphatic carbocycles. The van der Waals surface area contributed by atoms with Gasteiger partial charge in [-0.1, -0.05) is 187 Å².